The van der Waals surface area contributed by atoms with E-state index in [0.29, 0.717) is 10.2 Å². The lowest BCUT2D eigenvalue weighted by Crippen LogP contribution is -2.44. The zero-order chi connectivity index (χ0) is 21.3. The maximum Gasteiger partial charge on any atom is 0.332 e. The van der Waals surface area contributed by atoms with Crippen molar-refractivity contribution in [3.05, 3.63) is 67.2 Å². The van der Waals surface area contributed by atoms with E-state index in [9.17, 15) is 14.4 Å². The van der Waals surface area contributed by atoms with Crippen LogP contribution in [0.3, 0.4) is 0 Å². The Morgan fingerprint density at radius 3 is 2.57 bits per heavy atom. The molecule has 0 bridgehead atoms. The van der Waals surface area contributed by atoms with Gasteiger partial charge in [0.15, 0.2) is 0 Å². The van der Waals surface area contributed by atoms with Gasteiger partial charge in [-0.1, -0.05) is 37.5 Å². The second kappa shape index (κ2) is 8.60. The fourth-order valence-electron chi connectivity index (χ4n) is 4.17. The van der Waals surface area contributed by atoms with Crippen LogP contribution < -0.4 is 16.6 Å². The van der Waals surface area contributed by atoms with Gasteiger partial charge in [0.25, 0.3) is 5.56 Å². The van der Waals surface area contributed by atoms with Crippen molar-refractivity contribution in [1.82, 2.24) is 14.5 Å². The summed E-state index contributed by atoms with van der Waals surface area (Å²) in [6, 6.07) is 7.86. The molecule has 1 aromatic carbocycles. The van der Waals surface area contributed by atoms with E-state index in [-0.39, 0.29) is 30.6 Å². The highest BCUT2D eigenvalue weighted by molar-refractivity contribution is 7.17. The molecule has 6 nitrogen and oxygen atoms in total. The molecule has 30 heavy (non-hydrogen) atoms. The first-order valence-electron chi connectivity index (χ1n) is 10.5. The van der Waals surface area contributed by atoms with Crippen LogP contribution in [0.25, 0.3) is 10.2 Å². The van der Waals surface area contributed by atoms with Gasteiger partial charge in [-0.25, -0.2) is 4.79 Å². The van der Waals surface area contributed by atoms with Gasteiger partial charge in [0.2, 0.25) is 5.91 Å². The summed E-state index contributed by atoms with van der Waals surface area (Å²) in [5.74, 6) is -0.173. The number of carbonyl (C=O) groups excluding carboxylic acids is 1. The lowest BCUT2D eigenvalue weighted by Gasteiger charge is -2.23. The first-order valence-corrected chi connectivity index (χ1v) is 11.4. The number of hydrogen-bond donors (Lipinski definition) is 1. The summed E-state index contributed by atoms with van der Waals surface area (Å²) in [6.07, 6.45) is 5.44. The molecule has 4 rings (SSSR count). The van der Waals surface area contributed by atoms with Crippen LogP contribution >= 0.6 is 11.3 Å². The highest BCUT2D eigenvalue weighted by Crippen LogP contribution is 2.18. The quantitative estimate of drug-likeness (QED) is 0.681. The third-order valence-electron chi connectivity index (χ3n) is 6.02. The number of benzene rings is 1. The van der Waals surface area contributed by atoms with Crippen LogP contribution in [-0.4, -0.2) is 21.1 Å². The van der Waals surface area contributed by atoms with E-state index in [1.165, 1.54) is 26.9 Å². The highest BCUT2D eigenvalue weighted by Gasteiger charge is 2.19. The standard InChI is InChI=1S/C23H27N3O3S/c1-15-8-9-17(12-16(15)2)13-26-22(28)21-19(10-11-30-21)25(23(26)29)14-20(27)24-18-6-4-3-5-7-18/h8-12,18H,3-7,13-14H2,1-2H3,(H,24,27). The SMILES string of the molecule is Cc1ccc(Cn2c(=O)c3sccc3n(CC(=O)NC3CCCCC3)c2=O)cc1C. The number of hydrogen-bond acceptors (Lipinski definition) is 4. The first kappa shape index (κ1) is 20.6. The third-order valence-corrected chi connectivity index (χ3v) is 6.91. The molecule has 0 saturated heterocycles. The average Bonchev–Trinajstić information content (AvgIpc) is 3.22. The second-order valence-corrected chi connectivity index (χ2v) is 9.13. The molecule has 2 heterocycles. The minimum Gasteiger partial charge on any atom is -0.352 e. The summed E-state index contributed by atoms with van der Waals surface area (Å²) < 4.78 is 3.19. The number of rotatable bonds is 5. The molecule has 1 aliphatic carbocycles. The molecular formula is C23H27N3O3S. The van der Waals surface area contributed by atoms with Crippen molar-refractivity contribution in [3.63, 3.8) is 0 Å². The van der Waals surface area contributed by atoms with Crippen molar-refractivity contribution >= 4 is 27.5 Å². The van der Waals surface area contributed by atoms with Crippen LogP contribution in [0.2, 0.25) is 0 Å². The number of fused-ring (bicyclic) bond motifs is 1. The van der Waals surface area contributed by atoms with E-state index in [2.05, 4.69) is 5.32 Å². The maximum absolute atomic E-state index is 13.2. The number of amides is 1. The summed E-state index contributed by atoms with van der Waals surface area (Å²) >= 11 is 1.31. The average molecular weight is 426 g/mol. The van der Waals surface area contributed by atoms with Gasteiger partial charge in [-0.2, -0.15) is 0 Å². The molecule has 0 radical (unpaired) electrons. The summed E-state index contributed by atoms with van der Waals surface area (Å²) in [7, 11) is 0. The van der Waals surface area contributed by atoms with Gasteiger partial charge < -0.3 is 5.32 Å². The molecule has 3 aromatic rings. The zero-order valence-corrected chi connectivity index (χ0v) is 18.3. The molecule has 0 spiro atoms. The lowest BCUT2D eigenvalue weighted by molar-refractivity contribution is -0.122. The zero-order valence-electron chi connectivity index (χ0n) is 17.4. The van der Waals surface area contributed by atoms with Crippen molar-refractivity contribution in [2.45, 2.75) is 65.1 Å². The van der Waals surface area contributed by atoms with Crippen molar-refractivity contribution in [3.8, 4) is 0 Å². The van der Waals surface area contributed by atoms with E-state index in [1.807, 2.05) is 32.0 Å². The Morgan fingerprint density at radius 2 is 1.83 bits per heavy atom. The van der Waals surface area contributed by atoms with Gasteiger partial charge in [-0.05, 0) is 54.8 Å². The van der Waals surface area contributed by atoms with Crippen molar-refractivity contribution in [2.75, 3.05) is 0 Å². The van der Waals surface area contributed by atoms with Gasteiger partial charge in [0, 0.05) is 6.04 Å². The van der Waals surface area contributed by atoms with Gasteiger partial charge >= 0.3 is 5.69 Å². The summed E-state index contributed by atoms with van der Waals surface area (Å²) in [4.78, 5) is 38.9. The Kier molecular flexibility index (Phi) is 5.90. The van der Waals surface area contributed by atoms with Crippen molar-refractivity contribution in [2.24, 2.45) is 0 Å². The molecule has 7 heteroatoms. The Hall–Kier alpha value is -2.67. The summed E-state index contributed by atoms with van der Waals surface area (Å²) in [5, 5.41) is 4.86. The van der Waals surface area contributed by atoms with Crippen molar-refractivity contribution in [1.29, 1.82) is 0 Å². The summed E-state index contributed by atoms with van der Waals surface area (Å²) in [6.45, 7) is 4.16. The molecule has 1 fully saturated rings. The number of nitrogens with one attached hydrogen (secondary N) is 1. The van der Waals surface area contributed by atoms with Crippen LogP contribution in [0.5, 0.6) is 0 Å². The van der Waals surface area contributed by atoms with E-state index in [1.54, 1.807) is 11.4 Å². The molecule has 1 amide bonds. The second-order valence-electron chi connectivity index (χ2n) is 8.22. The van der Waals surface area contributed by atoms with Crippen LogP contribution in [0.1, 0.15) is 48.8 Å². The number of aryl methyl sites for hydroxylation is 2. The Morgan fingerprint density at radius 1 is 1.07 bits per heavy atom. The lowest BCUT2D eigenvalue weighted by atomic mass is 9.95. The van der Waals surface area contributed by atoms with E-state index < -0.39 is 5.69 Å². The topological polar surface area (TPSA) is 73.1 Å². The molecule has 0 atom stereocenters. The molecule has 0 unspecified atom stereocenters. The smallest absolute Gasteiger partial charge is 0.332 e. The highest BCUT2D eigenvalue weighted by atomic mass is 32.1. The summed E-state index contributed by atoms with van der Waals surface area (Å²) in [5.41, 5.74) is 2.97. The number of nitrogens with zero attached hydrogens (tertiary/aromatic N) is 2. The number of thiophene rings is 1. The van der Waals surface area contributed by atoms with Crippen LogP contribution in [0.4, 0.5) is 0 Å². The number of carbonyl (C=O) groups is 1. The molecule has 0 aliphatic heterocycles. The predicted molar refractivity (Wildman–Crippen MR) is 120 cm³/mol. The Labute approximate surface area is 179 Å². The van der Waals surface area contributed by atoms with Gasteiger partial charge in [-0.3, -0.25) is 18.7 Å². The van der Waals surface area contributed by atoms with Gasteiger partial charge in [-0.15, -0.1) is 11.3 Å². The normalized spacial score (nSPS) is 14.9. The number of aromatic nitrogens is 2. The van der Waals surface area contributed by atoms with Crippen LogP contribution in [-0.2, 0) is 17.9 Å². The molecule has 2 aromatic heterocycles. The fourth-order valence-corrected chi connectivity index (χ4v) is 5.02. The Balaban J connectivity index is 1.68. The van der Waals surface area contributed by atoms with Crippen LogP contribution in [0, 0.1) is 13.8 Å². The maximum atomic E-state index is 13.2. The molecule has 158 valence electrons. The third kappa shape index (κ3) is 4.12. The van der Waals surface area contributed by atoms with Gasteiger partial charge in [0.05, 0.1) is 12.1 Å². The first-order chi connectivity index (χ1) is 14.4. The molecule has 1 N–H and O–H groups in total. The van der Waals surface area contributed by atoms with Gasteiger partial charge in [0.1, 0.15) is 11.2 Å². The van der Waals surface area contributed by atoms with Crippen LogP contribution in [0.15, 0.2) is 39.2 Å². The largest absolute Gasteiger partial charge is 0.352 e. The molecule has 1 saturated carbocycles. The van der Waals surface area contributed by atoms with Crippen molar-refractivity contribution < 1.29 is 4.79 Å². The molecular weight excluding hydrogens is 398 g/mol. The predicted octanol–water partition coefficient (Wildman–Crippen LogP) is 3.34. The van der Waals surface area contributed by atoms with E-state index in [0.717, 1.165) is 42.4 Å². The monoisotopic (exact) mass is 425 g/mol. The fraction of sp³-hybridized carbons (Fsp3) is 0.435. The van der Waals surface area contributed by atoms with E-state index in [4.69, 9.17) is 0 Å². The Bertz CT molecular complexity index is 1200. The van der Waals surface area contributed by atoms with E-state index >= 15 is 0 Å². The minimum absolute atomic E-state index is 0.0736. The molecule has 1 aliphatic rings. The minimum atomic E-state index is -0.442.